The zero-order valence-electron chi connectivity index (χ0n) is 8.24. The number of benzene rings is 1. The van der Waals surface area contributed by atoms with Gasteiger partial charge in [-0.15, -0.1) is 11.3 Å². The van der Waals surface area contributed by atoms with Gasteiger partial charge < -0.3 is 4.57 Å². The monoisotopic (exact) mass is 255 g/mol. The Kier molecular flexibility index (Phi) is 3.24. The molecule has 0 aliphatic heterocycles. The lowest BCUT2D eigenvalue weighted by atomic mass is 10.2. The van der Waals surface area contributed by atoms with E-state index in [0.717, 1.165) is 15.5 Å². The molecule has 1 heterocycles. The average Bonchev–Trinajstić information content (AvgIpc) is 2.53. The third-order valence-corrected chi connectivity index (χ3v) is 3.87. The van der Waals surface area contributed by atoms with Crippen molar-refractivity contribution in [3.05, 3.63) is 49.9 Å². The van der Waals surface area contributed by atoms with Crippen LogP contribution in [-0.2, 0) is 6.54 Å². The summed E-state index contributed by atoms with van der Waals surface area (Å²) in [5.74, 6) is 0. The zero-order valence-corrected chi connectivity index (χ0v) is 10.6. The summed E-state index contributed by atoms with van der Waals surface area (Å²) in [6, 6.07) is 7.87. The van der Waals surface area contributed by atoms with Gasteiger partial charge in [0, 0.05) is 22.6 Å². The van der Waals surface area contributed by atoms with E-state index in [-0.39, 0.29) is 0 Å². The molecule has 0 fully saturated rings. The fourth-order valence-corrected chi connectivity index (χ4v) is 2.58. The van der Waals surface area contributed by atoms with Crippen LogP contribution in [0.15, 0.2) is 29.6 Å². The van der Waals surface area contributed by atoms with E-state index >= 15 is 0 Å². The van der Waals surface area contributed by atoms with Crippen molar-refractivity contribution >= 4 is 35.2 Å². The average molecular weight is 256 g/mol. The minimum absolute atomic E-state index is 0.768. The highest BCUT2D eigenvalue weighted by Gasteiger charge is 2.00. The summed E-state index contributed by atoms with van der Waals surface area (Å²) in [6.07, 6.45) is 0. The number of aromatic nitrogens is 1. The molecule has 15 heavy (non-hydrogen) atoms. The Morgan fingerprint density at radius 1 is 1.33 bits per heavy atom. The van der Waals surface area contributed by atoms with Gasteiger partial charge in [-0.2, -0.15) is 0 Å². The lowest BCUT2D eigenvalue weighted by Crippen LogP contribution is -2.00. The smallest absolute Gasteiger partial charge is 0.161 e. The van der Waals surface area contributed by atoms with Crippen molar-refractivity contribution in [1.82, 2.24) is 4.57 Å². The molecule has 4 heteroatoms. The summed E-state index contributed by atoms with van der Waals surface area (Å²) in [5.41, 5.74) is 2.43. The van der Waals surface area contributed by atoms with Gasteiger partial charge in [-0.25, -0.2) is 0 Å². The van der Waals surface area contributed by atoms with Crippen LogP contribution in [0.1, 0.15) is 11.3 Å². The third kappa shape index (κ3) is 2.48. The molecule has 0 atom stereocenters. The SMILES string of the molecule is Cc1csc(=S)n1Cc1ccc(Cl)cc1. The number of nitrogens with zero attached hydrogens (tertiary/aromatic N) is 1. The fraction of sp³-hybridized carbons (Fsp3) is 0.182. The van der Waals surface area contributed by atoms with Gasteiger partial charge in [-0.1, -0.05) is 23.7 Å². The summed E-state index contributed by atoms with van der Waals surface area (Å²) in [5, 5.41) is 2.85. The summed E-state index contributed by atoms with van der Waals surface area (Å²) < 4.78 is 3.05. The van der Waals surface area contributed by atoms with Crippen molar-refractivity contribution in [2.75, 3.05) is 0 Å². The normalized spacial score (nSPS) is 10.5. The first kappa shape index (κ1) is 10.9. The first-order chi connectivity index (χ1) is 7.16. The minimum Gasteiger partial charge on any atom is -0.323 e. The van der Waals surface area contributed by atoms with Gasteiger partial charge in [0.15, 0.2) is 3.95 Å². The van der Waals surface area contributed by atoms with Gasteiger partial charge in [0.05, 0.1) is 0 Å². The first-order valence-electron chi connectivity index (χ1n) is 4.56. The molecule has 0 aliphatic carbocycles. The molecule has 0 saturated carbocycles. The fourth-order valence-electron chi connectivity index (χ4n) is 1.37. The Labute approximate surface area is 103 Å². The van der Waals surface area contributed by atoms with Crippen LogP contribution in [0.5, 0.6) is 0 Å². The number of aryl methyl sites for hydroxylation is 1. The maximum Gasteiger partial charge on any atom is 0.161 e. The van der Waals surface area contributed by atoms with Crippen LogP contribution in [0.3, 0.4) is 0 Å². The molecule has 0 spiro atoms. The molecule has 0 unspecified atom stereocenters. The van der Waals surface area contributed by atoms with Gasteiger partial charge in [0.1, 0.15) is 0 Å². The van der Waals surface area contributed by atoms with Crippen LogP contribution in [0.25, 0.3) is 0 Å². The molecule has 0 amide bonds. The Morgan fingerprint density at radius 2 is 2.00 bits per heavy atom. The molecule has 0 bridgehead atoms. The highest BCUT2D eigenvalue weighted by atomic mass is 35.5. The number of hydrogen-bond donors (Lipinski definition) is 0. The van der Waals surface area contributed by atoms with Crippen molar-refractivity contribution in [3.63, 3.8) is 0 Å². The van der Waals surface area contributed by atoms with Crippen molar-refractivity contribution in [2.24, 2.45) is 0 Å². The number of rotatable bonds is 2. The highest BCUT2D eigenvalue weighted by Crippen LogP contribution is 2.15. The van der Waals surface area contributed by atoms with E-state index in [0.29, 0.717) is 0 Å². The lowest BCUT2D eigenvalue weighted by Gasteiger charge is -2.05. The number of thiazole rings is 1. The molecular formula is C11H10ClNS2. The van der Waals surface area contributed by atoms with Crippen LogP contribution in [0, 0.1) is 10.9 Å². The second-order valence-corrected chi connectivity index (χ2v) is 5.30. The van der Waals surface area contributed by atoms with Gasteiger partial charge in [0.25, 0.3) is 0 Å². The topological polar surface area (TPSA) is 4.93 Å². The largest absolute Gasteiger partial charge is 0.323 e. The van der Waals surface area contributed by atoms with Crippen LogP contribution in [0.4, 0.5) is 0 Å². The van der Waals surface area contributed by atoms with E-state index in [1.54, 1.807) is 11.3 Å². The van der Waals surface area contributed by atoms with Gasteiger partial charge >= 0.3 is 0 Å². The molecule has 2 rings (SSSR count). The third-order valence-electron chi connectivity index (χ3n) is 2.23. The van der Waals surface area contributed by atoms with Gasteiger partial charge in [-0.05, 0) is 36.8 Å². The van der Waals surface area contributed by atoms with E-state index < -0.39 is 0 Å². The second-order valence-electron chi connectivity index (χ2n) is 3.36. The van der Waals surface area contributed by atoms with Crippen molar-refractivity contribution in [3.8, 4) is 0 Å². The molecule has 1 aromatic carbocycles. The summed E-state index contributed by atoms with van der Waals surface area (Å²) in [6.45, 7) is 2.90. The predicted octanol–water partition coefficient (Wildman–Crippen LogP) is 4.29. The number of halogens is 1. The van der Waals surface area contributed by atoms with Crippen LogP contribution >= 0.6 is 35.2 Å². The Morgan fingerprint density at radius 3 is 2.53 bits per heavy atom. The molecule has 0 radical (unpaired) electrons. The van der Waals surface area contributed by atoms with Crippen LogP contribution < -0.4 is 0 Å². The molecule has 78 valence electrons. The maximum absolute atomic E-state index is 5.83. The van der Waals surface area contributed by atoms with E-state index in [1.807, 2.05) is 24.3 Å². The molecular weight excluding hydrogens is 246 g/mol. The molecule has 1 nitrogen and oxygen atoms in total. The van der Waals surface area contributed by atoms with E-state index in [2.05, 4.69) is 16.9 Å². The van der Waals surface area contributed by atoms with Crippen molar-refractivity contribution in [1.29, 1.82) is 0 Å². The lowest BCUT2D eigenvalue weighted by molar-refractivity contribution is 0.770. The van der Waals surface area contributed by atoms with E-state index in [1.165, 1.54) is 11.3 Å². The van der Waals surface area contributed by atoms with E-state index in [4.69, 9.17) is 23.8 Å². The second kappa shape index (κ2) is 4.47. The zero-order chi connectivity index (χ0) is 10.8. The van der Waals surface area contributed by atoms with Gasteiger partial charge in [-0.3, -0.25) is 0 Å². The Balaban J connectivity index is 2.29. The number of hydrogen-bond acceptors (Lipinski definition) is 2. The summed E-state index contributed by atoms with van der Waals surface area (Å²) in [7, 11) is 0. The molecule has 0 N–H and O–H groups in total. The van der Waals surface area contributed by atoms with Crippen LogP contribution in [0.2, 0.25) is 5.02 Å². The molecule has 0 saturated heterocycles. The summed E-state index contributed by atoms with van der Waals surface area (Å²) >= 11 is 12.7. The van der Waals surface area contributed by atoms with Crippen molar-refractivity contribution in [2.45, 2.75) is 13.5 Å². The molecule has 2 aromatic rings. The van der Waals surface area contributed by atoms with E-state index in [9.17, 15) is 0 Å². The predicted molar refractivity (Wildman–Crippen MR) is 68.4 cm³/mol. The molecule has 0 aliphatic rings. The minimum atomic E-state index is 0.768. The first-order valence-corrected chi connectivity index (χ1v) is 6.23. The van der Waals surface area contributed by atoms with Crippen molar-refractivity contribution < 1.29 is 0 Å². The van der Waals surface area contributed by atoms with Gasteiger partial charge in [0.2, 0.25) is 0 Å². The standard InChI is InChI=1S/C11H10ClNS2/c1-8-7-15-11(14)13(8)6-9-2-4-10(12)5-3-9/h2-5,7H,6H2,1H3. The summed E-state index contributed by atoms with van der Waals surface area (Å²) in [4.78, 5) is 0. The highest BCUT2D eigenvalue weighted by molar-refractivity contribution is 7.73. The Bertz CT molecular complexity index is 510. The van der Waals surface area contributed by atoms with Crippen LogP contribution in [-0.4, -0.2) is 4.57 Å². The molecule has 1 aromatic heterocycles. The quantitative estimate of drug-likeness (QED) is 0.725. The Hall–Kier alpha value is -0.640. The maximum atomic E-state index is 5.83.